The molecule has 0 saturated heterocycles. The lowest BCUT2D eigenvalue weighted by molar-refractivity contribution is -0.140. The summed E-state index contributed by atoms with van der Waals surface area (Å²) in [5.74, 6) is -1.96. The number of alkyl halides is 3. The van der Waals surface area contributed by atoms with Crippen LogP contribution in [0.1, 0.15) is 16.7 Å². The van der Waals surface area contributed by atoms with E-state index in [4.69, 9.17) is 0 Å². The minimum Gasteiger partial charge on any atom is -0.325 e. The van der Waals surface area contributed by atoms with E-state index in [2.05, 4.69) is 10.6 Å². The van der Waals surface area contributed by atoms with Crippen LogP contribution in [0.15, 0.2) is 47.4 Å². The molecule has 0 aliphatic heterocycles. The molecule has 2 N–H and O–H groups in total. The molecular weight excluding hydrogens is 414 g/mol. The van der Waals surface area contributed by atoms with Gasteiger partial charge in [-0.15, -0.1) is 0 Å². The summed E-state index contributed by atoms with van der Waals surface area (Å²) >= 11 is 0. The predicted molar refractivity (Wildman–Crippen MR) is 111 cm³/mol. The van der Waals surface area contributed by atoms with Crippen molar-refractivity contribution in [3.8, 4) is 0 Å². The summed E-state index contributed by atoms with van der Waals surface area (Å²) in [6.45, 7) is 2.87. The van der Waals surface area contributed by atoms with Gasteiger partial charge in [-0.25, -0.2) is 4.39 Å². The first-order chi connectivity index (χ1) is 14.6. The van der Waals surface area contributed by atoms with Crippen molar-refractivity contribution in [2.45, 2.75) is 26.1 Å². The number of aryl methyl sites for hydroxylation is 1. The van der Waals surface area contributed by atoms with E-state index >= 15 is 0 Å². The third-order valence-electron chi connectivity index (χ3n) is 4.94. The highest BCUT2D eigenvalue weighted by Gasteiger charge is 2.33. The monoisotopic (exact) mass is 435 g/mol. The Kier molecular flexibility index (Phi) is 6.45. The molecule has 0 radical (unpaired) electrons. The minimum absolute atomic E-state index is 0.107. The number of halogens is 4. The normalized spacial score (nSPS) is 11.7. The number of fused-ring (bicyclic) bond motifs is 1. The lowest BCUT2D eigenvalue weighted by Crippen LogP contribution is -2.25. The molecular formula is C22H21F4N3O2. The second-order valence-corrected chi connectivity index (χ2v) is 7.17. The van der Waals surface area contributed by atoms with Crippen LogP contribution in [0.2, 0.25) is 0 Å². The van der Waals surface area contributed by atoms with Gasteiger partial charge in [0.25, 0.3) is 5.56 Å². The fourth-order valence-corrected chi connectivity index (χ4v) is 3.32. The molecule has 0 aliphatic carbocycles. The molecule has 9 heteroatoms. The summed E-state index contributed by atoms with van der Waals surface area (Å²) in [6.07, 6.45) is -3.47. The molecule has 2 aromatic carbocycles. The molecule has 0 aliphatic rings. The Morgan fingerprint density at radius 2 is 1.84 bits per heavy atom. The first-order valence-electron chi connectivity index (χ1n) is 9.54. The topological polar surface area (TPSA) is 63.1 Å². The number of rotatable bonds is 6. The van der Waals surface area contributed by atoms with Crippen molar-refractivity contribution in [1.29, 1.82) is 0 Å². The SMILES string of the molecule is CNCCn1ccc2c(NC(=O)Cc3ccc(C(F)(F)F)c(F)c3)c(C)ccc2c1=O. The number of carbonyl (C=O) groups excluding carboxylic acids is 1. The third-order valence-corrected chi connectivity index (χ3v) is 4.94. The molecule has 31 heavy (non-hydrogen) atoms. The van der Waals surface area contributed by atoms with Crippen molar-refractivity contribution in [2.75, 3.05) is 18.9 Å². The smallest absolute Gasteiger partial charge is 0.325 e. The van der Waals surface area contributed by atoms with Crippen molar-refractivity contribution in [1.82, 2.24) is 9.88 Å². The van der Waals surface area contributed by atoms with Crippen molar-refractivity contribution in [3.05, 3.63) is 75.5 Å². The van der Waals surface area contributed by atoms with E-state index in [1.807, 2.05) is 0 Å². The zero-order valence-corrected chi connectivity index (χ0v) is 16.9. The highest BCUT2D eigenvalue weighted by molar-refractivity contribution is 6.03. The highest BCUT2D eigenvalue weighted by Crippen LogP contribution is 2.32. The third kappa shape index (κ3) is 4.93. The first-order valence-corrected chi connectivity index (χ1v) is 9.54. The lowest BCUT2D eigenvalue weighted by Gasteiger charge is -2.14. The summed E-state index contributed by atoms with van der Waals surface area (Å²) in [4.78, 5) is 25.2. The Hall–Kier alpha value is -3.20. The number of hydrogen-bond donors (Lipinski definition) is 2. The Bertz CT molecular complexity index is 1190. The van der Waals surface area contributed by atoms with E-state index in [1.165, 1.54) is 0 Å². The molecule has 164 valence electrons. The first kappa shape index (κ1) is 22.5. The maximum atomic E-state index is 13.8. The number of aromatic nitrogens is 1. The molecule has 0 bridgehead atoms. The Balaban J connectivity index is 1.86. The maximum absolute atomic E-state index is 13.8. The van der Waals surface area contributed by atoms with E-state index in [-0.39, 0.29) is 17.5 Å². The number of amides is 1. The van der Waals surface area contributed by atoms with E-state index in [0.717, 1.165) is 6.07 Å². The molecule has 1 aromatic heterocycles. The Morgan fingerprint density at radius 3 is 2.48 bits per heavy atom. The van der Waals surface area contributed by atoms with Gasteiger partial charge in [-0.1, -0.05) is 12.1 Å². The van der Waals surface area contributed by atoms with Gasteiger partial charge in [-0.3, -0.25) is 9.59 Å². The number of anilines is 1. The number of nitrogens with zero attached hydrogens (tertiary/aromatic N) is 1. The van der Waals surface area contributed by atoms with Crippen LogP contribution < -0.4 is 16.2 Å². The second-order valence-electron chi connectivity index (χ2n) is 7.17. The van der Waals surface area contributed by atoms with Gasteiger partial charge in [-0.05, 0) is 49.4 Å². The number of nitrogens with one attached hydrogen (secondary N) is 2. The van der Waals surface area contributed by atoms with Crippen molar-refractivity contribution < 1.29 is 22.4 Å². The van der Waals surface area contributed by atoms with Crippen LogP contribution in [0.4, 0.5) is 23.2 Å². The lowest BCUT2D eigenvalue weighted by atomic mass is 10.0. The molecule has 3 rings (SSSR count). The fourth-order valence-electron chi connectivity index (χ4n) is 3.32. The molecule has 0 atom stereocenters. The predicted octanol–water partition coefficient (Wildman–Crippen LogP) is 3.87. The van der Waals surface area contributed by atoms with E-state index in [0.29, 0.717) is 47.2 Å². The van der Waals surface area contributed by atoms with E-state index in [1.54, 1.807) is 42.9 Å². The van der Waals surface area contributed by atoms with Crippen molar-refractivity contribution >= 4 is 22.4 Å². The summed E-state index contributed by atoms with van der Waals surface area (Å²) in [5.41, 5.74) is -0.320. The van der Waals surface area contributed by atoms with Gasteiger partial charge in [0, 0.05) is 30.1 Å². The number of benzene rings is 2. The van der Waals surface area contributed by atoms with Crippen LogP contribution in [0, 0.1) is 12.7 Å². The van der Waals surface area contributed by atoms with Gasteiger partial charge in [-0.2, -0.15) is 13.2 Å². The number of likely N-dealkylation sites (N-methyl/N-ethyl adjacent to an activating group) is 1. The summed E-state index contributed by atoms with van der Waals surface area (Å²) in [7, 11) is 1.78. The minimum atomic E-state index is -4.80. The van der Waals surface area contributed by atoms with Crippen LogP contribution in [0.3, 0.4) is 0 Å². The van der Waals surface area contributed by atoms with Gasteiger partial charge in [0.1, 0.15) is 5.82 Å². The Labute approximate surface area is 175 Å². The van der Waals surface area contributed by atoms with E-state index in [9.17, 15) is 27.2 Å². The van der Waals surface area contributed by atoms with Gasteiger partial charge in [0.2, 0.25) is 5.91 Å². The fraction of sp³-hybridized carbons (Fsp3) is 0.273. The molecule has 1 heterocycles. The number of carbonyl (C=O) groups is 1. The molecule has 1 amide bonds. The van der Waals surface area contributed by atoms with Gasteiger partial charge in [0.05, 0.1) is 17.7 Å². The summed E-state index contributed by atoms with van der Waals surface area (Å²) < 4.78 is 53.4. The van der Waals surface area contributed by atoms with Gasteiger partial charge < -0.3 is 15.2 Å². The average molecular weight is 435 g/mol. The number of pyridine rings is 1. The molecule has 0 saturated carbocycles. The van der Waals surface area contributed by atoms with Crippen molar-refractivity contribution in [3.63, 3.8) is 0 Å². The maximum Gasteiger partial charge on any atom is 0.419 e. The molecule has 0 spiro atoms. The van der Waals surface area contributed by atoms with E-state index < -0.39 is 23.5 Å². The second kappa shape index (κ2) is 8.89. The molecule has 0 fully saturated rings. The summed E-state index contributed by atoms with van der Waals surface area (Å²) in [5, 5.41) is 6.67. The Morgan fingerprint density at radius 1 is 1.10 bits per heavy atom. The van der Waals surface area contributed by atoms with Gasteiger partial charge >= 0.3 is 6.18 Å². The zero-order valence-electron chi connectivity index (χ0n) is 16.9. The van der Waals surface area contributed by atoms with Crippen molar-refractivity contribution in [2.24, 2.45) is 0 Å². The molecule has 0 unspecified atom stereocenters. The number of hydrogen-bond acceptors (Lipinski definition) is 3. The van der Waals surface area contributed by atoms with Crippen LogP contribution in [0.5, 0.6) is 0 Å². The van der Waals surface area contributed by atoms with Crippen LogP contribution in [0.25, 0.3) is 10.8 Å². The standard InChI is InChI=1S/C22H21F4N3O2/c1-13-3-5-16-15(7-9-29(21(16)31)10-8-27-2)20(13)28-19(30)12-14-4-6-17(18(23)11-14)22(24,25)26/h3-7,9,11,27H,8,10,12H2,1-2H3,(H,28,30). The zero-order chi connectivity index (χ0) is 22.8. The molecule has 5 nitrogen and oxygen atoms in total. The largest absolute Gasteiger partial charge is 0.419 e. The molecule has 3 aromatic rings. The van der Waals surface area contributed by atoms with Gasteiger partial charge in [0.15, 0.2) is 0 Å². The quantitative estimate of drug-likeness (QED) is 0.578. The average Bonchev–Trinajstić information content (AvgIpc) is 2.68. The van der Waals surface area contributed by atoms with Crippen LogP contribution in [-0.2, 0) is 23.9 Å². The van der Waals surface area contributed by atoms with Crippen LogP contribution >= 0.6 is 0 Å². The summed E-state index contributed by atoms with van der Waals surface area (Å²) in [6, 6.07) is 7.52. The highest BCUT2D eigenvalue weighted by atomic mass is 19.4. The van der Waals surface area contributed by atoms with Crippen LogP contribution in [-0.4, -0.2) is 24.1 Å².